The van der Waals surface area contributed by atoms with Crippen molar-refractivity contribution in [1.29, 1.82) is 0 Å². The average molecular weight is 383 g/mol. The molecule has 1 saturated heterocycles. The molecule has 0 aliphatic carbocycles. The second-order valence-corrected chi connectivity index (χ2v) is 6.91. The maximum atomic E-state index is 12.0. The zero-order valence-electron chi connectivity index (χ0n) is 14.0. The second-order valence-electron chi connectivity index (χ2n) is 6.11. The molecule has 9 heteroatoms. The molecule has 1 aromatic heterocycles. The van der Waals surface area contributed by atoms with E-state index >= 15 is 0 Å². The minimum absolute atomic E-state index is 0.0548. The van der Waals surface area contributed by atoms with Crippen LogP contribution in [0.1, 0.15) is 19.8 Å². The molecule has 0 spiro atoms. The zero-order valence-corrected chi connectivity index (χ0v) is 15.6. The molecule has 134 valence electrons. The third-order valence-corrected chi connectivity index (χ3v) is 4.92. The van der Waals surface area contributed by atoms with E-state index < -0.39 is 0 Å². The van der Waals surface area contributed by atoms with Crippen LogP contribution < -0.4 is 4.90 Å². The van der Waals surface area contributed by atoms with E-state index in [0.29, 0.717) is 23.1 Å². The summed E-state index contributed by atoms with van der Waals surface area (Å²) in [5.41, 5.74) is 0.779. The summed E-state index contributed by atoms with van der Waals surface area (Å²) in [6.45, 7) is 4.53. The Bertz CT molecular complexity index is 806. The maximum absolute atomic E-state index is 12.0. The van der Waals surface area contributed by atoms with E-state index in [1.807, 2.05) is 19.1 Å². The largest absolute Gasteiger partial charge is 0.466 e. The van der Waals surface area contributed by atoms with E-state index in [0.717, 1.165) is 31.6 Å². The topological polar surface area (TPSA) is 66.4 Å². The van der Waals surface area contributed by atoms with E-state index in [1.165, 1.54) is 4.90 Å². The summed E-state index contributed by atoms with van der Waals surface area (Å²) < 4.78 is 8.94. The van der Waals surface area contributed by atoms with Crippen molar-refractivity contribution in [2.24, 2.45) is 5.92 Å². The number of benzene rings is 1. The van der Waals surface area contributed by atoms with Gasteiger partial charge in [0, 0.05) is 5.02 Å². The number of hydrogen-bond donors (Lipinski definition) is 1. The number of quaternary nitrogens is 1. The molecule has 3 rings (SSSR count). The van der Waals surface area contributed by atoms with Crippen LogP contribution in [0.3, 0.4) is 0 Å². The molecule has 2 heterocycles. The van der Waals surface area contributed by atoms with Crippen LogP contribution in [0.4, 0.5) is 0 Å². The molecule has 1 unspecified atom stereocenters. The van der Waals surface area contributed by atoms with Gasteiger partial charge in [-0.15, -0.1) is 0 Å². The predicted molar refractivity (Wildman–Crippen MR) is 95.2 cm³/mol. The molecule has 0 saturated carbocycles. The molecule has 1 aliphatic rings. The van der Waals surface area contributed by atoms with Crippen molar-refractivity contribution in [3.8, 4) is 5.69 Å². The summed E-state index contributed by atoms with van der Waals surface area (Å²) in [4.78, 5) is 13.2. The summed E-state index contributed by atoms with van der Waals surface area (Å²) in [5, 5.41) is 8.92. The molecule has 7 nitrogen and oxygen atoms in total. The quantitative estimate of drug-likeness (QED) is 0.623. The third-order valence-electron chi connectivity index (χ3n) is 4.30. The Balaban J connectivity index is 1.71. The molecule has 0 bridgehead atoms. The number of carbonyl (C=O) groups is 1. The van der Waals surface area contributed by atoms with Crippen molar-refractivity contribution in [1.82, 2.24) is 19.8 Å². The first-order valence-corrected chi connectivity index (χ1v) is 9.16. The number of piperidine rings is 1. The van der Waals surface area contributed by atoms with Crippen LogP contribution in [0.2, 0.25) is 5.02 Å². The standard InChI is InChI=1S/C16H20ClN5O2S/c1-2-24-15(23)12-5-4-8-20(10-12)11-21-16(25)22(19-18-21)14-7-3-6-13(17)9-14/h3,6-7,9,12H,2,4-5,8,10-11H2,1H3/p+1/t12-/m1/s1. The van der Waals surface area contributed by atoms with Gasteiger partial charge in [-0.1, -0.05) is 17.7 Å². The van der Waals surface area contributed by atoms with Gasteiger partial charge in [0.25, 0.3) is 0 Å². The highest BCUT2D eigenvalue weighted by atomic mass is 35.5. The Morgan fingerprint density at radius 3 is 3.08 bits per heavy atom. The first-order valence-electron chi connectivity index (χ1n) is 8.37. The normalized spacial score (nSPS) is 20.4. The fraction of sp³-hybridized carbons (Fsp3) is 0.500. The van der Waals surface area contributed by atoms with Crippen molar-refractivity contribution in [3.63, 3.8) is 0 Å². The molecule has 2 atom stereocenters. The lowest BCUT2D eigenvalue weighted by Crippen LogP contribution is -3.13. The highest BCUT2D eigenvalue weighted by Crippen LogP contribution is 2.14. The first-order chi connectivity index (χ1) is 12.1. The molecule has 25 heavy (non-hydrogen) atoms. The smallest absolute Gasteiger partial charge is 0.314 e. The van der Waals surface area contributed by atoms with Gasteiger partial charge in [-0.2, -0.15) is 9.36 Å². The monoisotopic (exact) mass is 382 g/mol. The van der Waals surface area contributed by atoms with Gasteiger partial charge in [0.1, 0.15) is 5.92 Å². The van der Waals surface area contributed by atoms with Gasteiger partial charge in [0.2, 0.25) is 4.77 Å². The van der Waals surface area contributed by atoms with E-state index in [4.69, 9.17) is 28.6 Å². The van der Waals surface area contributed by atoms with Gasteiger partial charge in [0.15, 0.2) is 6.67 Å². The lowest BCUT2D eigenvalue weighted by Gasteiger charge is -2.28. The Morgan fingerprint density at radius 1 is 1.48 bits per heavy atom. The Kier molecular flexibility index (Phi) is 5.82. The fourth-order valence-corrected chi connectivity index (χ4v) is 3.54. The van der Waals surface area contributed by atoms with Crippen LogP contribution >= 0.6 is 23.8 Å². The molecule has 2 aromatic rings. The highest BCUT2D eigenvalue weighted by molar-refractivity contribution is 7.71. The molecule has 0 amide bonds. The van der Waals surface area contributed by atoms with E-state index in [9.17, 15) is 4.79 Å². The number of hydrogen-bond acceptors (Lipinski definition) is 5. The summed E-state index contributed by atoms with van der Waals surface area (Å²) in [5.74, 6) is -0.160. The van der Waals surface area contributed by atoms with E-state index in [1.54, 1.807) is 21.5 Å². The number of tetrazole rings is 1. The number of aromatic nitrogens is 4. The number of halogens is 1. The van der Waals surface area contributed by atoms with E-state index in [-0.39, 0.29) is 11.9 Å². The molecular weight excluding hydrogens is 362 g/mol. The lowest BCUT2D eigenvalue weighted by molar-refractivity contribution is -0.930. The van der Waals surface area contributed by atoms with Crippen LogP contribution in [0, 0.1) is 10.7 Å². The van der Waals surface area contributed by atoms with Crippen molar-refractivity contribution >= 4 is 29.8 Å². The lowest BCUT2D eigenvalue weighted by atomic mass is 9.99. The van der Waals surface area contributed by atoms with Crippen molar-refractivity contribution in [3.05, 3.63) is 34.1 Å². The highest BCUT2D eigenvalue weighted by Gasteiger charge is 2.30. The van der Waals surface area contributed by atoms with Crippen LogP contribution in [0.15, 0.2) is 24.3 Å². The number of nitrogens with zero attached hydrogens (tertiary/aromatic N) is 4. The number of carbonyl (C=O) groups excluding carboxylic acids is 1. The maximum Gasteiger partial charge on any atom is 0.314 e. The van der Waals surface area contributed by atoms with Gasteiger partial charge in [-0.3, -0.25) is 4.79 Å². The summed E-state index contributed by atoms with van der Waals surface area (Å²) in [6, 6.07) is 7.32. The number of rotatable bonds is 5. The van der Waals surface area contributed by atoms with Crippen molar-refractivity contribution in [2.45, 2.75) is 26.4 Å². The molecule has 1 aliphatic heterocycles. The van der Waals surface area contributed by atoms with Gasteiger partial charge in [0.05, 0.1) is 25.4 Å². The SMILES string of the molecule is CCOC(=O)[C@@H]1CCC[NH+](Cn2nnn(-c3cccc(Cl)c3)c2=S)C1. The van der Waals surface area contributed by atoms with Crippen LogP contribution in [-0.4, -0.2) is 45.5 Å². The Morgan fingerprint density at radius 2 is 2.32 bits per heavy atom. The minimum Gasteiger partial charge on any atom is -0.466 e. The van der Waals surface area contributed by atoms with Gasteiger partial charge in [-0.25, -0.2) is 0 Å². The van der Waals surface area contributed by atoms with Gasteiger partial charge < -0.3 is 9.64 Å². The average Bonchev–Trinajstić information content (AvgIpc) is 2.96. The molecular formula is C16H21ClN5O2S+. The minimum atomic E-state index is -0.106. The molecule has 1 N–H and O–H groups in total. The zero-order chi connectivity index (χ0) is 17.8. The summed E-state index contributed by atoms with van der Waals surface area (Å²) >= 11 is 11.5. The molecule has 1 aromatic carbocycles. The number of nitrogens with one attached hydrogen (secondary N) is 1. The molecule has 1 fully saturated rings. The van der Waals surface area contributed by atoms with Crippen LogP contribution in [-0.2, 0) is 16.2 Å². The third kappa shape index (κ3) is 4.26. The second kappa shape index (κ2) is 8.07. The van der Waals surface area contributed by atoms with Crippen LogP contribution in [0.25, 0.3) is 5.69 Å². The summed E-state index contributed by atoms with van der Waals surface area (Å²) in [7, 11) is 0. The van der Waals surface area contributed by atoms with Crippen molar-refractivity contribution < 1.29 is 14.4 Å². The fourth-order valence-electron chi connectivity index (χ4n) is 3.11. The Hall–Kier alpha value is -1.77. The number of ether oxygens (including phenoxy) is 1. The molecule has 0 radical (unpaired) electrons. The van der Waals surface area contributed by atoms with Crippen LogP contribution in [0.5, 0.6) is 0 Å². The van der Waals surface area contributed by atoms with Crippen molar-refractivity contribution in [2.75, 3.05) is 19.7 Å². The Labute approximate surface area is 156 Å². The first kappa shape index (κ1) is 18.0. The van der Waals surface area contributed by atoms with Gasteiger partial charge in [-0.05, 0) is 60.6 Å². The number of likely N-dealkylation sites (tertiary alicyclic amines) is 1. The number of esters is 1. The predicted octanol–water partition coefficient (Wildman–Crippen LogP) is 1.27. The van der Waals surface area contributed by atoms with E-state index in [2.05, 4.69) is 10.4 Å². The summed E-state index contributed by atoms with van der Waals surface area (Å²) in [6.07, 6.45) is 1.86. The van der Waals surface area contributed by atoms with Gasteiger partial charge >= 0.3 is 5.97 Å².